The van der Waals surface area contributed by atoms with Gasteiger partial charge in [-0.05, 0) is 75.5 Å². The van der Waals surface area contributed by atoms with Crippen LogP contribution in [0.25, 0.3) is 10.9 Å². The molecule has 3 nitrogen and oxygen atoms in total. The molecule has 0 bridgehead atoms. The van der Waals surface area contributed by atoms with Crippen LogP contribution >= 0.6 is 0 Å². The molecule has 4 heteroatoms. The topological polar surface area (TPSA) is 28.3 Å². The Kier molecular flexibility index (Phi) is 3.01. The molecule has 0 saturated heterocycles. The van der Waals surface area contributed by atoms with Crippen LogP contribution in [0.1, 0.15) is 49.4 Å². The molecule has 1 aromatic heterocycles. The van der Waals surface area contributed by atoms with Crippen LogP contribution in [0.4, 0.5) is 4.39 Å². The number of fused-ring (bicyclic) bond motifs is 4. The van der Waals surface area contributed by atoms with E-state index in [1.165, 1.54) is 6.07 Å². The monoisotopic (exact) mass is 383 g/mol. The lowest BCUT2D eigenvalue weighted by molar-refractivity contribution is -0.113. The molecule has 1 aliphatic heterocycles. The van der Waals surface area contributed by atoms with Gasteiger partial charge in [0.2, 0.25) is 0 Å². The van der Waals surface area contributed by atoms with Gasteiger partial charge < -0.3 is 9.72 Å². The fourth-order valence-corrected chi connectivity index (χ4v) is 5.15. The molecule has 1 spiro atoms. The first-order chi connectivity index (χ1) is 15.6. The number of halogens is 1. The second kappa shape index (κ2) is 6.43. The zero-order valence-electron chi connectivity index (χ0n) is 21.2. The van der Waals surface area contributed by atoms with E-state index in [1.54, 1.807) is 12.1 Å². The van der Waals surface area contributed by atoms with Gasteiger partial charge >= 0.3 is 0 Å². The summed E-state index contributed by atoms with van der Waals surface area (Å²) < 4.78 is 61.7. The summed E-state index contributed by atoms with van der Waals surface area (Å²) in [5.41, 5.74) is 2.05. The summed E-state index contributed by atoms with van der Waals surface area (Å²) in [6, 6.07) is 3.52. The SMILES string of the molecule is [2H]c1c([2H])c([2H])c(C2(N(C)C)CCC3(CC2)OCCc2c3[nH]c3ccc(F)cc23)c([2H])c1[2H]. The van der Waals surface area contributed by atoms with Gasteiger partial charge in [-0.15, -0.1) is 0 Å². The summed E-state index contributed by atoms with van der Waals surface area (Å²) in [4.78, 5) is 5.47. The number of hydrogen-bond acceptors (Lipinski definition) is 2. The van der Waals surface area contributed by atoms with Crippen LogP contribution in [0.5, 0.6) is 0 Å². The van der Waals surface area contributed by atoms with E-state index in [2.05, 4.69) is 4.98 Å². The van der Waals surface area contributed by atoms with Crippen molar-refractivity contribution in [3.05, 3.63) is 71.0 Å². The van der Waals surface area contributed by atoms with E-state index in [0.717, 1.165) is 22.2 Å². The molecular weight excluding hydrogens is 351 g/mol. The Morgan fingerprint density at radius 1 is 1.11 bits per heavy atom. The summed E-state index contributed by atoms with van der Waals surface area (Å²) in [5.74, 6) is -0.263. The molecule has 2 aliphatic rings. The molecular formula is C24H27FN2O. The summed E-state index contributed by atoms with van der Waals surface area (Å²) in [6.45, 7) is 0.542. The van der Waals surface area contributed by atoms with Crippen molar-refractivity contribution in [2.75, 3.05) is 20.7 Å². The summed E-state index contributed by atoms with van der Waals surface area (Å²) in [6.07, 6.45) is 3.09. The number of rotatable bonds is 2. The highest BCUT2D eigenvalue weighted by atomic mass is 19.1. The molecule has 0 unspecified atom stereocenters. The van der Waals surface area contributed by atoms with E-state index >= 15 is 0 Å². The van der Waals surface area contributed by atoms with Gasteiger partial charge in [-0.3, -0.25) is 4.90 Å². The van der Waals surface area contributed by atoms with Gasteiger partial charge in [0.1, 0.15) is 11.4 Å². The molecule has 0 atom stereocenters. The number of nitrogens with zero attached hydrogens (tertiary/aromatic N) is 1. The van der Waals surface area contributed by atoms with Crippen LogP contribution in [0.2, 0.25) is 0 Å². The number of nitrogens with one attached hydrogen (secondary N) is 1. The first-order valence-electron chi connectivity index (χ1n) is 12.3. The highest BCUT2D eigenvalue weighted by Crippen LogP contribution is 2.52. The number of aromatic amines is 1. The molecule has 5 rings (SSSR count). The Bertz CT molecular complexity index is 1230. The average Bonchev–Trinajstić information content (AvgIpc) is 3.17. The van der Waals surface area contributed by atoms with Gasteiger partial charge in [0.25, 0.3) is 0 Å². The number of H-pyrrole nitrogens is 1. The van der Waals surface area contributed by atoms with Crippen molar-refractivity contribution in [3.63, 3.8) is 0 Å². The molecule has 2 aromatic carbocycles. The van der Waals surface area contributed by atoms with Crippen LogP contribution in [-0.2, 0) is 22.3 Å². The quantitative estimate of drug-likeness (QED) is 0.666. The smallest absolute Gasteiger partial charge is 0.123 e. The van der Waals surface area contributed by atoms with Crippen LogP contribution < -0.4 is 0 Å². The van der Waals surface area contributed by atoms with Gasteiger partial charge in [0.05, 0.1) is 19.2 Å². The van der Waals surface area contributed by atoms with Crippen molar-refractivity contribution in [1.82, 2.24) is 9.88 Å². The molecule has 1 aliphatic carbocycles. The van der Waals surface area contributed by atoms with Crippen LogP contribution in [0, 0.1) is 5.82 Å². The first-order valence-corrected chi connectivity index (χ1v) is 9.81. The third-order valence-electron chi connectivity index (χ3n) is 6.76. The van der Waals surface area contributed by atoms with E-state index in [0.29, 0.717) is 44.3 Å². The second-order valence-corrected chi connectivity index (χ2v) is 8.19. The van der Waals surface area contributed by atoms with E-state index in [9.17, 15) is 4.39 Å². The van der Waals surface area contributed by atoms with Crippen molar-refractivity contribution >= 4 is 10.9 Å². The van der Waals surface area contributed by atoms with Gasteiger partial charge in [-0.25, -0.2) is 4.39 Å². The summed E-state index contributed by atoms with van der Waals surface area (Å²) in [5, 5.41) is 0.891. The molecule has 1 fully saturated rings. The van der Waals surface area contributed by atoms with Crippen LogP contribution in [0.15, 0.2) is 48.4 Å². The first kappa shape index (κ1) is 13.1. The van der Waals surface area contributed by atoms with Gasteiger partial charge in [-0.2, -0.15) is 0 Å². The van der Waals surface area contributed by atoms with Crippen molar-refractivity contribution in [2.24, 2.45) is 0 Å². The lowest BCUT2D eigenvalue weighted by Gasteiger charge is -2.50. The fraction of sp³-hybridized carbons (Fsp3) is 0.417. The fourth-order valence-electron chi connectivity index (χ4n) is 5.15. The molecule has 0 amide bonds. The van der Waals surface area contributed by atoms with E-state index in [-0.39, 0.29) is 36.0 Å². The Labute approximate surface area is 172 Å². The maximum Gasteiger partial charge on any atom is 0.123 e. The van der Waals surface area contributed by atoms with Crippen molar-refractivity contribution in [3.8, 4) is 0 Å². The molecule has 1 N–H and O–H groups in total. The Morgan fingerprint density at radius 3 is 2.57 bits per heavy atom. The molecule has 3 aromatic rings. The number of benzene rings is 2. The second-order valence-electron chi connectivity index (χ2n) is 8.19. The maximum absolute atomic E-state index is 13.9. The maximum atomic E-state index is 13.9. The predicted octanol–water partition coefficient (Wildman–Crippen LogP) is 5.11. The molecule has 1 saturated carbocycles. The largest absolute Gasteiger partial charge is 0.368 e. The molecule has 28 heavy (non-hydrogen) atoms. The summed E-state index contributed by atoms with van der Waals surface area (Å²) in [7, 11) is 3.80. The molecule has 2 heterocycles. The van der Waals surface area contributed by atoms with Gasteiger partial charge in [0.15, 0.2) is 0 Å². The standard InChI is InChI=1S/C24H27FN2O/c1-27(2)23(17-6-4-3-5-7-17)11-13-24(14-12-23)22-19(10-15-28-24)20-16-18(25)8-9-21(20)26-22/h3-9,16,26H,10-15H2,1-2H3/i3D,4D,5D,6D,7D. The Hall–Kier alpha value is -2.17. The highest BCUT2D eigenvalue weighted by Gasteiger charge is 2.49. The molecule has 0 radical (unpaired) electrons. The van der Waals surface area contributed by atoms with Crippen molar-refractivity contribution < 1.29 is 16.0 Å². The van der Waals surface area contributed by atoms with Gasteiger partial charge in [0, 0.05) is 16.4 Å². The van der Waals surface area contributed by atoms with Crippen molar-refractivity contribution in [2.45, 2.75) is 43.2 Å². The highest BCUT2D eigenvalue weighted by molar-refractivity contribution is 5.85. The van der Waals surface area contributed by atoms with Crippen LogP contribution in [-0.4, -0.2) is 30.6 Å². The third kappa shape index (κ3) is 2.55. The van der Waals surface area contributed by atoms with Crippen molar-refractivity contribution in [1.29, 1.82) is 0 Å². The summed E-state index contributed by atoms with van der Waals surface area (Å²) >= 11 is 0. The lowest BCUT2D eigenvalue weighted by atomic mass is 9.68. The Balaban J connectivity index is 1.59. The minimum atomic E-state index is -0.711. The van der Waals surface area contributed by atoms with Crippen LogP contribution in [0.3, 0.4) is 0 Å². The minimum absolute atomic E-state index is 0.142. The third-order valence-corrected chi connectivity index (χ3v) is 6.76. The van der Waals surface area contributed by atoms with E-state index < -0.39 is 11.1 Å². The van der Waals surface area contributed by atoms with Gasteiger partial charge in [-0.1, -0.05) is 30.2 Å². The average molecular weight is 384 g/mol. The van der Waals surface area contributed by atoms with E-state index in [1.807, 2.05) is 19.0 Å². The minimum Gasteiger partial charge on any atom is -0.368 e. The zero-order chi connectivity index (χ0) is 23.7. The number of ether oxygens (including phenoxy) is 1. The zero-order valence-corrected chi connectivity index (χ0v) is 16.2. The predicted molar refractivity (Wildman–Crippen MR) is 110 cm³/mol. The molecule has 146 valence electrons. The lowest BCUT2D eigenvalue weighted by Crippen LogP contribution is -2.50. The Morgan fingerprint density at radius 2 is 1.86 bits per heavy atom. The number of aromatic nitrogens is 1. The normalized spacial score (nSPS) is 29.9. The number of hydrogen-bond donors (Lipinski definition) is 1. The van der Waals surface area contributed by atoms with E-state index in [4.69, 9.17) is 11.6 Å².